The van der Waals surface area contributed by atoms with E-state index in [2.05, 4.69) is 10.3 Å². The number of carboxylic acids is 1. The first-order valence-electron chi connectivity index (χ1n) is 4.41. The Hall–Kier alpha value is -2.09. The SMILES string of the molecule is Cc1cc(C#N)cc(NC(C)C(=O)O)n1. The normalized spacial score (nSPS) is 11.5. The third-order valence-corrected chi connectivity index (χ3v) is 1.82. The number of aryl methyl sites for hydroxylation is 1. The van der Waals surface area contributed by atoms with Gasteiger partial charge in [-0.15, -0.1) is 0 Å². The second kappa shape index (κ2) is 4.42. The zero-order chi connectivity index (χ0) is 11.4. The number of carbonyl (C=O) groups is 1. The molecule has 0 aliphatic heterocycles. The molecule has 0 amide bonds. The van der Waals surface area contributed by atoms with Crippen LogP contribution in [0.3, 0.4) is 0 Å². The predicted octanol–water partition coefficient (Wildman–Crippen LogP) is 1.15. The van der Waals surface area contributed by atoms with Gasteiger partial charge in [0.15, 0.2) is 0 Å². The fourth-order valence-electron chi connectivity index (χ4n) is 1.09. The molecule has 5 nitrogen and oxygen atoms in total. The highest BCUT2D eigenvalue weighted by Gasteiger charge is 2.11. The third kappa shape index (κ3) is 2.95. The molecule has 15 heavy (non-hydrogen) atoms. The molecule has 1 rings (SSSR count). The molecule has 0 aromatic carbocycles. The van der Waals surface area contributed by atoms with Gasteiger partial charge in [-0.25, -0.2) is 4.98 Å². The van der Waals surface area contributed by atoms with E-state index in [-0.39, 0.29) is 0 Å². The quantitative estimate of drug-likeness (QED) is 0.772. The maximum Gasteiger partial charge on any atom is 0.325 e. The van der Waals surface area contributed by atoms with Crippen molar-refractivity contribution in [3.8, 4) is 6.07 Å². The molecule has 0 bridgehead atoms. The van der Waals surface area contributed by atoms with Crippen molar-refractivity contribution >= 4 is 11.8 Å². The molecule has 1 unspecified atom stereocenters. The van der Waals surface area contributed by atoms with Crippen LogP contribution in [0.4, 0.5) is 5.82 Å². The summed E-state index contributed by atoms with van der Waals surface area (Å²) in [5, 5.41) is 20.1. The summed E-state index contributed by atoms with van der Waals surface area (Å²) in [6.45, 7) is 3.26. The fourth-order valence-corrected chi connectivity index (χ4v) is 1.09. The molecule has 0 aliphatic carbocycles. The number of hydrogen-bond donors (Lipinski definition) is 2. The Bertz CT molecular complexity index is 423. The summed E-state index contributed by atoms with van der Waals surface area (Å²) in [4.78, 5) is 14.7. The number of nitriles is 1. The Morgan fingerprint density at radius 2 is 2.33 bits per heavy atom. The Balaban J connectivity index is 2.91. The van der Waals surface area contributed by atoms with Crippen LogP contribution in [-0.4, -0.2) is 22.1 Å². The van der Waals surface area contributed by atoms with Crippen LogP contribution < -0.4 is 5.32 Å². The number of hydrogen-bond acceptors (Lipinski definition) is 4. The summed E-state index contributed by atoms with van der Waals surface area (Å²) in [6, 6.07) is 4.41. The largest absolute Gasteiger partial charge is 0.480 e. The number of carboxylic acid groups (broad SMARTS) is 1. The predicted molar refractivity (Wildman–Crippen MR) is 54.4 cm³/mol. The molecule has 0 spiro atoms. The minimum Gasteiger partial charge on any atom is -0.480 e. The van der Waals surface area contributed by atoms with Gasteiger partial charge in [-0.3, -0.25) is 4.79 Å². The number of anilines is 1. The minimum absolute atomic E-state index is 0.404. The smallest absolute Gasteiger partial charge is 0.325 e. The standard InChI is InChI=1S/C10H11N3O2/c1-6-3-8(5-11)4-9(12-6)13-7(2)10(14)15/h3-4,7H,1-2H3,(H,12,13)(H,14,15). The second-order valence-corrected chi connectivity index (χ2v) is 3.20. The summed E-state index contributed by atoms with van der Waals surface area (Å²) in [5.41, 5.74) is 1.14. The lowest BCUT2D eigenvalue weighted by Crippen LogP contribution is -2.26. The van der Waals surface area contributed by atoms with Crippen molar-refractivity contribution in [3.63, 3.8) is 0 Å². The van der Waals surface area contributed by atoms with Crippen LogP contribution in [0.5, 0.6) is 0 Å². The van der Waals surface area contributed by atoms with E-state index < -0.39 is 12.0 Å². The first-order chi connectivity index (χ1) is 7.02. The van der Waals surface area contributed by atoms with Crippen molar-refractivity contribution in [1.82, 2.24) is 4.98 Å². The van der Waals surface area contributed by atoms with E-state index in [1.165, 1.54) is 13.0 Å². The molecule has 0 aliphatic rings. The Labute approximate surface area is 87.4 Å². The number of pyridine rings is 1. The van der Waals surface area contributed by atoms with Crippen molar-refractivity contribution < 1.29 is 9.90 Å². The number of aliphatic carboxylic acids is 1. The molecule has 1 atom stereocenters. The molecular weight excluding hydrogens is 194 g/mol. The molecule has 0 fully saturated rings. The van der Waals surface area contributed by atoms with Crippen molar-refractivity contribution in [2.24, 2.45) is 0 Å². The summed E-state index contributed by atoms with van der Waals surface area (Å²) < 4.78 is 0. The Kier molecular flexibility index (Phi) is 3.24. The van der Waals surface area contributed by atoms with Crippen molar-refractivity contribution in [2.75, 3.05) is 5.32 Å². The number of nitrogens with zero attached hydrogens (tertiary/aromatic N) is 2. The molecule has 1 heterocycles. The topological polar surface area (TPSA) is 86.0 Å². The molecule has 1 aromatic heterocycles. The van der Waals surface area contributed by atoms with Gasteiger partial charge in [0.25, 0.3) is 0 Å². The van der Waals surface area contributed by atoms with E-state index >= 15 is 0 Å². The van der Waals surface area contributed by atoms with Gasteiger partial charge in [-0.1, -0.05) is 0 Å². The van der Waals surface area contributed by atoms with Gasteiger partial charge < -0.3 is 10.4 Å². The van der Waals surface area contributed by atoms with Crippen LogP contribution in [0, 0.1) is 18.3 Å². The lowest BCUT2D eigenvalue weighted by Gasteiger charge is -2.10. The summed E-state index contributed by atoms with van der Waals surface area (Å²) in [7, 11) is 0. The number of nitrogens with one attached hydrogen (secondary N) is 1. The zero-order valence-electron chi connectivity index (χ0n) is 8.48. The van der Waals surface area contributed by atoms with Gasteiger partial charge in [-0.05, 0) is 26.0 Å². The van der Waals surface area contributed by atoms with Crippen molar-refractivity contribution in [2.45, 2.75) is 19.9 Å². The van der Waals surface area contributed by atoms with Crippen LogP contribution in [0.15, 0.2) is 12.1 Å². The van der Waals surface area contributed by atoms with E-state index in [4.69, 9.17) is 10.4 Å². The molecule has 5 heteroatoms. The zero-order valence-corrected chi connectivity index (χ0v) is 8.48. The first kappa shape index (κ1) is 11.0. The van der Waals surface area contributed by atoms with Crippen molar-refractivity contribution in [1.29, 1.82) is 5.26 Å². The monoisotopic (exact) mass is 205 g/mol. The molecular formula is C10H11N3O2. The van der Waals surface area contributed by atoms with E-state index in [1.54, 1.807) is 13.0 Å². The molecule has 78 valence electrons. The van der Waals surface area contributed by atoms with Crippen LogP contribution in [0.1, 0.15) is 18.2 Å². The Morgan fingerprint density at radius 3 is 2.87 bits per heavy atom. The molecule has 1 aromatic rings. The number of aromatic nitrogens is 1. The van der Waals surface area contributed by atoms with Gasteiger partial charge >= 0.3 is 5.97 Å². The van der Waals surface area contributed by atoms with Crippen LogP contribution in [0.2, 0.25) is 0 Å². The highest BCUT2D eigenvalue weighted by atomic mass is 16.4. The first-order valence-corrected chi connectivity index (χ1v) is 4.41. The van der Waals surface area contributed by atoms with E-state index in [0.29, 0.717) is 17.1 Å². The van der Waals surface area contributed by atoms with E-state index in [0.717, 1.165) is 0 Å². The van der Waals surface area contributed by atoms with Crippen molar-refractivity contribution in [3.05, 3.63) is 23.4 Å². The average molecular weight is 205 g/mol. The Morgan fingerprint density at radius 1 is 1.67 bits per heavy atom. The lowest BCUT2D eigenvalue weighted by molar-refractivity contribution is -0.137. The summed E-state index contributed by atoms with van der Waals surface area (Å²) >= 11 is 0. The second-order valence-electron chi connectivity index (χ2n) is 3.20. The van der Waals surface area contributed by atoms with E-state index in [9.17, 15) is 4.79 Å². The van der Waals surface area contributed by atoms with Gasteiger partial charge in [0.1, 0.15) is 11.9 Å². The van der Waals surface area contributed by atoms with Gasteiger partial charge in [0.05, 0.1) is 11.6 Å². The minimum atomic E-state index is -0.961. The summed E-state index contributed by atoms with van der Waals surface area (Å²) in [6.07, 6.45) is 0. The molecule has 0 saturated heterocycles. The van der Waals surface area contributed by atoms with E-state index in [1.807, 2.05) is 6.07 Å². The summed E-state index contributed by atoms with van der Waals surface area (Å²) in [5.74, 6) is -0.557. The van der Waals surface area contributed by atoms with Crippen LogP contribution in [-0.2, 0) is 4.79 Å². The lowest BCUT2D eigenvalue weighted by atomic mass is 10.2. The van der Waals surface area contributed by atoms with Crippen LogP contribution in [0.25, 0.3) is 0 Å². The van der Waals surface area contributed by atoms with Crippen LogP contribution >= 0.6 is 0 Å². The van der Waals surface area contributed by atoms with Gasteiger partial charge in [-0.2, -0.15) is 5.26 Å². The third-order valence-electron chi connectivity index (χ3n) is 1.82. The number of rotatable bonds is 3. The highest BCUT2D eigenvalue weighted by Crippen LogP contribution is 2.10. The fraction of sp³-hybridized carbons (Fsp3) is 0.300. The maximum atomic E-state index is 10.6. The van der Waals surface area contributed by atoms with Gasteiger partial charge in [0, 0.05) is 5.69 Å². The highest BCUT2D eigenvalue weighted by molar-refractivity contribution is 5.76. The average Bonchev–Trinajstić information content (AvgIpc) is 2.16. The molecule has 0 saturated carbocycles. The molecule has 0 radical (unpaired) electrons. The maximum absolute atomic E-state index is 10.6. The molecule has 2 N–H and O–H groups in total. The van der Waals surface area contributed by atoms with Gasteiger partial charge in [0.2, 0.25) is 0 Å².